The molecule has 0 aliphatic heterocycles. The van der Waals surface area contributed by atoms with E-state index in [9.17, 15) is 4.79 Å². The molecule has 0 saturated carbocycles. The number of carbonyl (C=O) groups is 1. The predicted octanol–water partition coefficient (Wildman–Crippen LogP) is 5.57. The molecule has 3 nitrogen and oxygen atoms in total. The average Bonchev–Trinajstić information content (AvgIpc) is 2.79. The number of allylic oxidation sites excluding steroid dienone is 2. The standard InChI is InChI=1S/C21H27NO2S/c1-4-24-21(23)20-17-12-11-16(15-9-7-5-6-8-10-15)13-18(17)22(2)19(20)14-25-3/h9,11-13H,4-8,10,14H2,1-3H3. The maximum Gasteiger partial charge on any atom is 0.340 e. The minimum atomic E-state index is -0.210. The molecule has 2 aromatic rings. The van der Waals surface area contributed by atoms with Crippen molar-refractivity contribution in [1.29, 1.82) is 0 Å². The van der Waals surface area contributed by atoms with Crippen molar-refractivity contribution in [3.8, 4) is 0 Å². The third-order valence-corrected chi connectivity index (χ3v) is 5.56. The molecule has 134 valence electrons. The Balaban J connectivity index is 2.12. The predicted molar refractivity (Wildman–Crippen MR) is 107 cm³/mol. The summed E-state index contributed by atoms with van der Waals surface area (Å²) in [7, 11) is 2.06. The van der Waals surface area contributed by atoms with Crippen LogP contribution in [0.25, 0.3) is 16.5 Å². The van der Waals surface area contributed by atoms with Gasteiger partial charge >= 0.3 is 5.97 Å². The van der Waals surface area contributed by atoms with E-state index in [2.05, 4.69) is 42.1 Å². The monoisotopic (exact) mass is 357 g/mol. The fourth-order valence-electron chi connectivity index (χ4n) is 3.70. The second kappa shape index (κ2) is 8.13. The second-order valence-corrected chi connectivity index (χ2v) is 7.46. The first-order valence-corrected chi connectivity index (χ1v) is 10.5. The van der Waals surface area contributed by atoms with Gasteiger partial charge in [0.15, 0.2) is 0 Å². The van der Waals surface area contributed by atoms with Crippen molar-refractivity contribution >= 4 is 34.2 Å². The normalized spacial score (nSPS) is 15.1. The zero-order chi connectivity index (χ0) is 17.8. The van der Waals surface area contributed by atoms with Gasteiger partial charge in [-0.1, -0.05) is 24.6 Å². The van der Waals surface area contributed by atoms with Crippen LogP contribution in [-0.4, -0.2) is 23.4 Å². The van der Waals surface area contributed by atoms with E-state index in [0.717, 1.165) is 34.3 Å². The number of carbonyl (C=O) groups excluding carboxylic acids is 1. The summed E-state index contributed by atoms with van der Waals surface area (Å²) in [6, 6.07) is 6.52. The molecule has 0 fully saturated rings. The molecule has 0 atom stereocenters. The molecule has 0 unspecified atom stereocenters. The highest BCUT2D eigenvalue weighted by Crippen LogP contribution is 2.33. The number of aryl methyl sites for hydroxylation is 1. The first kappa shape index (κ1) is 18.1. The molecule has 1 aromatic carbocycles. The van der Waals surface area contributed by atoms with Gasteiger partial charge in [0, 0.05) is 29.4 Å². The Morgan fingerprint density at radius 2 is 2.12 bits per heavy atom. The molecule has 1 heterocycles. The Kier molecular flexibility index (Phi) is 5.89. The summed E-state index contributed by atoms with van der Waals surface area (Å²) in [6.45, 7) is 2.26. The lowest BCUT2D eigenvalue weighted by Gasteiger charge is -2.07. The molecule has 0 amide bonds. The van der Waals surface area contributed by atoms with Crippen LogP contribution in [0.4, 0.5) is 0 Å². The van der Waals surface area contributed by atoms with Gasteiger partial charge in [0.25, 0.3) is 0 Å². The van der Waals surface area contributed by atoms with E-state index >= 15 is 0 Å². The third kappa shape index (κ3) is 3.64. The van der Waals surface area contributed by atoms with Gasteiger partial charge in [0.1, 0.15) is 0 Å². The molecule has 0 N–H and O–H groups in total. The molecule has 0 spiro atoms. The first-order valence-electron chi connectivity index (χ1n) is 9.14. The number of ether oxygens (including phenoxy) is 1. The fourth-order valence-corrected chi connectivity index (χ4v) is 4.31. The van der Waals surface area contributed by atoms with Crippen LogP contribution in [0.15, 0.2) is 24.3 Å². The Morgan fingerprint density at radius 1 is 1.28 bits per heavy atom. The Labute approximate surface area is 154 Å². The van der Waals surface area contributed by atoms with Crippen LogP contribution in [-0.2, 0) is 17.5 Å². The number of benzene rings is 1. The Hall–Kier alpha value is -1.68. The van der Waals surface area contributed by atoms with E-state index in [-0.39, 0.29) is 5.97 Å². The van der Waals surface area contributed by atoms with E-state index in [1.165, 1.54) is 36.8 Å². The van der Waals surface area contributed by atoms with Gasteiger partial charge < -0.3 is 9.30 Å². The molecular formula is C21H27NO2S. The number of hydrogen-bond acceptors (Lipinski definition) is 3. The summed E-state index contributed by atoms with van der Waals surface area (Å²) in [5.41, 5.74) is 5.64. The summed E-state index contributed by atoms with van der Waals surface area (Å²) < 4.78 is 7.49. The Bertz CT molecular complexity index is 804. The van der Waals surface area contributed by atoms with Crippen LogP contribution >= 0.6 is 11.8 Å². The van der Waals surface area contributed by atoms with E-state index in [0.29, 0.717) is 6.61 Å². The van der Waals surface area contributed by atoms with Gasteiger partial charge in [-0.05, 0) is 56.1 Å². The summed E-state index contributed by atoms with van der Waals surface area (Å²) in [6.07, 6.45) is 10.7. The minimum absolute atomic E-state index is 0.210. The fraction of sp³-hybridized carbons (Fsp3) is 0.476. The third-order valence-electron chi connectivity index (χ3n) is 4.99. The lowest BCUT2D eigenvalue weighted by molar-refractivity contribution is 0.0527. The summed E-state index contributed by atoms with van der Waals surface area (Å²) >= 11 is 1.73. The number of esters is 1. The number of fused-ring (bicyclic) bond motifs is 1. The van der Waals surface area contributed by atoms with E-state index < -0.39 is 0 Å². The van der Waals surface area contributed by atoms with Crippen molar-refractivity contribution in [1.82, 2.24) is 4.57 Å². The van der Waals surface area contributed by atoms with E-state index in [4.69, 9.17) is 4.74 Å². The summed E-state index contributed by atoms with van der Waals surface area (Å²) in [4.78, 5) is 12.5. The largest absolute Gasteiger partial charge is 0.462 e. The smallest absolute Gasteiger partial charge is 0.340 e. The van der Waals surface area contributed by atoms with Crippen LogP contribution in [0.3, 0.4) is 0 Å². The number of nitrogens with zero attached hydrogens (tertiary/aromatic N) is 1. The highest BCUT2D eigenvalue weighted by atomic mass is 32.2. The maximum atomic E-state index is 12.5. The molecule has 4 heteroatoms. The summed E-state index contributed by atoms with van der Waals surface area (Å²) in [5, 5.41) is 1.00. The van der Waals surface area contributed by atoms with Gasteiger partial charge in [0.2, 0.25) is 0 Å². The molecule has 1 aromatic heterocycles. The molecule has 0 bridgehead atoms. The maximum absolute atomic E-state index is 12.5. The zero-order valence-corrected chi connectivity index (χ0v) is 16.2. The van der Waals surface area contributed by atoms with Crippen molar-refractivity contribution in [2.75, 3.05) is 12.9 Å². The van der Waals surface area contributed by atoms with Crippen molar-refractivity contribution in [2.24, 2.45) is 7.05 Å². The van der Waals surface area contributed by atoms with Crippen molar-refractivity contribution in [3.63, 3.8) is 0 Å². The molecule has 3 rings (SSSR count). The molecule has 25 heavy (non-hydrogen) atoms. The van der Waals surface area contributed by atoms with Crippen LogP contribution in [0.2, 0.25) is 0 Å². The van der Waals surface area contributed by atoms with Crippen LogP contribution in [0.5, 0.6) is 0 Å². The first-order chi connectivity index (χ1) is 12.2. The quantitative estimate of drug-likeness (QED) is 0.656. The molecule has 1 aliphatic rings. The van der Waals surface area contributed by atoms with Gasteiger partial charge in [-0.25, -0.2) is 4.79 Å². The SMILES string of the molecule is CCOC(=O)c1c(CSC)n(C)c2cc(C3=CCCCCC3)ccc12. The van der Waals surface area contributed by atoms with Gasteiger partial charge in [-0.3, -0.25) is 0 Å². The van der Waals surface area contributed by atoms with Crippen LogP contribution < -0.4 is 0 Å². The second-order valence-electron chi connectivity index (χ2n) is 6.59. The van der Waals surface area contributed by atoms with Gasteiger partial charge in [0.05, 0.1) is 12.2 Å². The highest BCUT2D eigenvalue weighted by Gasteiger charge is 2.22. The van der Waals surface area contributed by atoms with E-state index in [1.54, 1.807) is 11.8 Å². The molecular weight excluding hydrogens is 330 g/mol. The number of rotatable bonds is 5. The minimum Gasteiger partial charge on any atom is -0.462 e. The number of hydrogen-bond donors (Lipinski definition) is 0. The molecule has 1 aliphatic carbocycles. The van der Waals surface area contributed by atoms with Crippen molar-refractivity contribution in [2.45, 2.75) is 44.8 Å². The lowest BCUT2D eigenvalue weighted by Crippen LogP contribution is -2.08. The average molecular weight is 358 g/mol. The van der Waals surface area contributed by atoms with Gasteiger partial charge in [-0.2, -0.15) is 11.8 Å². The molecule has 0 saturated heterocycles. The van der Waals surface area contributed by atoms with Crippen LogP contribution in [0, 0.1) is 0 Å². The summed E-state index contributed by atoms with van der Waals surface area (Å²) in [5.74, 6) is 0.593. The number of aromatic nitrogens is 1. The zero-order valence-electron chi connectivity index (χ0n) is 15.4. The Morgan fingerprint density at radius 3 is 2.88 bits per heavy atom. The molecule has 0 radical (unpaired) electrons. The highest BCUT2D eigenvalue weighted by molar-refractivity contribution is 7.97. The van der Waals surface area contributed by atoms with Gasteiger partial charge in [-0.15, -0.1) is 0 Å². The van der Waals surface area contributed by atoms with Crippen molar-refractivity contribution in [3.05, 3.63) is 41.1 Å². The van der Waals surface area contributed by atoms with Crippen LogP contribution in [0.1, 0.15) is 60.6 Å². The topological polar surface area (TPSA) is 31.2 Å². The van der Waals surface area contributed by atoms with E-state index in [1.807, 2.05) is 6.92 Å². The van der Waals surface area contributed by atoms with Crippen molar-refractivity contribution < 1.29 is 9.53 Å². The lowest BCUT2D eigenvalue weighted by atomic mass is 9.99. The number of thioether (sulfide) groups is 1.